The van der Waals surface area contributed by atoms with Crippen LogP contribution in [-0.2, 0) is 6.54 Å². The summed E-state index contributed by atoms with van der Waals surface area (Å²) in [6, 6.07) is 15.7. The molecule has 1 aromatic carbocycles. The number of carbonyl (C=O) groups is 1. The van der Waals surface area contributed by atoms with Crippen molar-refractivity contribution >= 4 is 5.91 Å². The number of hydrogen-bond acceptors (Lipinski definition) is 4. The summed E-state index contributed by atoms with van der Waals surface area (Å²) in [5.74, 6) is -0.220. The Bertz CT molecular complexity index is 884. The number of rotatable bonds is 5. The molecular formula is C18H17N3O3. The molecule has 1 unspecified atom stereocenters. The van der Waals surface area contributed by atoms with E-state index in [1.807, 2.05) is 30.3 Å². The van der Waals surface area contributed by atoms with E-state index < -0.39 is 0 Å². The lowest BCUT2D eigenvalue weighted by Crippen LogP contribution is -2.33. The molecule has 0 bridgehead atoms. The molecule has 6 heteroatoms. The summed E-state index contributed by atoms with van der Waals surface area (Å²) in [6.45, 7) is 2.07. The third-order valence-electron chi connectivity index (χ3n) is 3.64. The minimum absolute atomic E-state index is 0.122. The normalized spacial score (nSPS) is 11.9. The molecule has 3 aromatic rings. The van der Waals surface area contributed by atoms with E-state index in [-0.39, 0.29) is 23.3 Å². The lowest BCUT2D eigenvalue weighted by molar-refractivity contribution is 0.0895. The molecular weight excluding hydrogens is 306 g/mol. The third kappa shape index (κ3) is 3.60. The van der Waals surface area contributed by atoms with Gasteiger partial charge in [-0.3, -0.25) is 9.59 Å². The lowest BCUT2D eigenvalue weighted by atomic mass is 10.1. The SMILES string of the molecule is Cc1cc(C(=O)NC(Cn2ccccc2=O)c2ccccc2)on1. The Balaban J connectivity index is 1.87. The first kappa shape index (κ1) is 15.7. The van der Waals surface area contributed by atoms with Gasteiger partial charge in [-0.1, -0.05) is 41.6 Å². The van der Waals surface area contributed by atoms with Gasteiger partial charge in [-0.25, -0.2) is 0 Å². The predicted octanol–water partition coefficient (Wildman–Crippen LogP) is 2.32. The fourth-order valence-corrected chi connectivity index (χ4v) is 2.43. The molecule has 1 N–H and O–H groups in total. The number of benzene rings is 1. The highest BCUT2D eigenvalue weighted by atomic mass is 16.5. The first-order chi connectivity index (χ1) is 11.6. The summed E-state index contributed by atoms with van der Waals surface area (Å²) in [7, 11) is 0. The second-order valence-corrected chi connectivity index (χ2v) is 5.46. The van der Waals surface area contributed by atoms with Gasteiger partial charge in [0.2, 0.25) is 5.76 Å². The van der Waals surface area contributed by atoms with Crippen LogP contribution in [0.1, 0.15) is 27.9 Å². The van der Waals surface area contributed by atoms with Gasteiger partial charge >= 0.3 is 0 Å². The van der Waals surface area contributed by atoms with E-state index in [2.05, 4.69) is 10.5 Å². The topological polar surface area (TPSA) is 77.1 Å². The van der Waals surface area contributed by atoms with Gasteiger partial charge in [-0.15, -0.1) is 0 Å². The number of amides is 1. The monoisotopic (exact) mass is 323 g/mol. The molecule has 6 nitrogen and oxygen atoms in total. The highest BCUT2D eigenvalue weighted by Gasteiger charge is 2.19. The fourth-order valence-electron chi connectivity index (χ4n) is 2.43. The minimum atomic E-state index is -0.371. The van der Waals surface area contributed by atoms with Crippen LogP contribution in [0.15, 0.2) is 70.1 Å². The van der Waals surface area contributed by atoms with Crippen LogP contribution in [-0.4, -0.2) is 15.6 Å². The Labute approximate surface area is 138 Å². The van der Waals surface area contributed by atoms with Crippen molar-refractivity contribution in [3.63, 3.8) is 0 Å². The number of pyridine rings is 1. The second kappa shape index (κ2) is 6.95. The summed E-state index contributed by atoms with van der Waals surface area (Å²) >= 11 is 0. The molecule has 0 aliphatic carbocycles. The van der Waals surface area contributed by atoms with Gasteiger partial charge in [0, 0.05) is 18.3 Å². The zero-order chi connectivity index (χ0) is 16.9. The van der Waals surface area contributed by atoms with Crippen LogP contribution in [0.3, 0.4) is 0 Å². The Kier molecular flexibility index (Phi) is 4.56. The average Bonchev–Trinajstić information content (AvgIpc) is 3.03. The maximum Gasteiger partial charge on any atom is 0.290 e. The Morgan fingerprint density at radius 1 is 1.21 bits per heavy atom. The second-order valence-electron chi connectivity index (χ2n) is 5.46. The first-order valence-electron chi connectivity index (χ1n) is 7.58. The first-order valence-corrected chi connectivity index (χ1v) is 7.58. The van der Waals surface area contributed by atoms with Crippen LogP contribution in [0, 0.1) is 6.92 Å². The molecule has 0 spiro atoms. The van der Waals surface area contributed by atoms with Crippen molar-refractivity contribution in [2.75, 3.05) is 0 Å². The van der Waals surface area contributed by atoms with Crippen LogP contribution in [0.2, 0.25) is 0 Å². The summed E-state index contributed by atoms with van der Waals surface area (Å²) < 4.78 is 6.57. The maximum absolute atomic E-state index is 12.4. The van der Waals surface area contributed by atoms with Gasteiger partial charge in [0.25, 0.3) is 11.5 Å². The smallest absolute Gasteiger partial charge is 0.290 e. The van der Waals surface area contributed by atoms with Gasteiger partial charge in [-0.05, 0) is 18.6 Å². The summed E-state index contributed by atoms with van der Waals surface area (Å²) in [4.78, 5) is 24.4. The molecule has 3 rings (SSSR count). The van der Waals surface area contributed by atoms with Crippen LogP contribution in [0.25, 0.3) is 0 Å². The molecule has 0 radical (unpaired) electrons. The Morgan fingerprint density at radius 3 is 2.62 bits per heavy atom. The predicted molar refractivity (Wildman–Crippen MR) is 88.6 cm³/mol. The summed E-state index contributed by atoms with van der Waals surface area (Å²) in [5.41, 5.74) is 1.41. The van der Waals surface area contributed by atoms with E-state index in [0.717, 1.165) is 5.56 Å². The minimum Gasteiger partial charge on any atom is -0.351 e. The average molecular weight is 323 g/mol. The molecule has 0 saturated carbocycles. The zero-order valence-corrected chi connectivity index (χ0v) is 13.2. The van der Waals surface area contributed by atoms with Crippen LogP contribution in [0.5, 0.6) is 0 Å². The summed E-state index contributed by atoms with van der Waals surface area (Å²) in [6.07, 6.45) is 1.70. The van der Waals surface area contributed by atoms with Gasteiger partial charge in [0.05, 0.1) is 18.3 Å². The number of nitrogens with zero attached hydrogens (tertiary/aromatic N) is 2. The molecule has 122 valence electrons. The highest BCUT2D eigenvalue weighted by molar-refractivity contribution is 5.91. The van der Waals surface area contributed by atoms with Crippen molar-refractivity contribution in [3.8, 4) is 0 Å². The molecule has 1 atom stereocenters. The van der Waals surface area contributed by atoms with Crippen LogP contribution in [0.4, 0.5) is 0 Å². The number of aromatic nitrogens is 2. The highest BCUT2D eigenvalue weighted by Crippen LogP contribution is 2.15. The van der Waals surface area contributed by atoms with Gasteiger partial charge < -0.3 is 14.4 Å². The van der Waals surface area contributed by atoms with Crippen molar-refractivity contribution in [1.29, 1.82) is 0 Å². The van der Waals surface area contributed by atoms with Crippen molar-refractivity contribution in [2.45, 2.75) is 19.5 Å². The van der Waals surface area contributed by atoms with Crippen LogP contribution >= 0.6 is 0 Å². The molecule has 24 heavy (non-hydrogen) atoms. The number of carbonyl (C=O) groups excluding carboxylic acids is 1. The molecule has 1 amide bonds. The fraction of sp³-hybridized carbons (Fsp3) is 0.167. The van der Waals surface area contributed by atoms with E-state index in [9.17, 15) is 9.59 Å². The van der Waals surface area contributed by atoms with E-state index >= 15 is 0 Å². The third-order valence-corrected chi connectivity index (χ3v) is 3.64. The van der Waals surface area contributed by atoms with Crippen LogP contribution < -0.4 is 10.9 Å². The largest absolute Gasteiger partial charge is 0.351 e. The quantitative estimate of drug-likeness (QED) is 0.781. The summed E-state index contributed by atoms with van der Waals surface area (Å²) in [5, 5.41) is 6.63. The van der Waals surface area contributed by atoms with Gasteiger partial charge in [0.15, 0.2) is 0 Å². The van der Waals surface area contributed by atoms with Gasteiger partial charge in [0.1, 0.15) is 0 Å². The molecule has 2 heterocycles. The molecule has 0 fully saturated rings. The number of aryl methyl sites for hydroxylation is 1. The van der Waals surface area contributed by atoms with Gasteiger partial charge in [-0.2, -0.15) is 0 Å². The molecule has 0 aliphatic rings. The van der Waals surface area contributed by atoms with Crippen molar-refractivity contribution in [2.24, 2.45) is 0 Å². The van der Waals surface area contributed by atoms with Crippen molar-refractivity contribution in [1.82, 2.24) is 15.0 Å². The standard InChI is InChI=1S/C18H17N3O3/c1-13-11-16(24-20-13)18(23)19-15(14-7-3-2-4-8-14)12-21-10-6-5-9-17(21)22/h2-11,15H,12H2,1H3,(H,19,23). The van der Waals surface area contributed by atoms with E-state index in [1.165, 1.54) is 6.07 Å². The van der Waals surface area contributed by atoms with E-state index in [0.29, 0.717) is 12.2 Å². The van der Waals surface area contributed by atoms with Crippen molar-refractivity contribution in [3.05, 3.63) is 88.2 Å². The lowest BCUT2D eigenvalue weighted by Gasteiger charge is -2.19. The Morgan fingerprint density at radius 2 is 1.96 bits per heavy atom. The Hall–Kier alpha value is -3.15. The zero-order valence-electron chi connectivity index (χ0n) is 13.2. The van der Waals surface area contributed by atoms with Crippen molar-refractivity contribution < 1.29 is 9.32 Å². The molecule has 2 aromatic heterocycles. The molecule has 0 saturated heterocycles. The number of hydrogen-bond donors (Lipinski definition) is 1. The van der Waals surface area contributed by atoms with E-state index in [1.54, 1.807) is 35.9 Å². The number of nitrogens with one attached hydrogen (secondary N) is 1. The molecule has 0 aliphatic heterocycles. The van der Waals surface area contributed by atoms with E-state index in [4.69, 9.17) is 4.52 Å². The maximum atomic E-state index is 12.4.